The predicted molar refractivity (Wildman–Crippen MR) is 91.8 cm³/mol. The lowest BCUT2D eigenvalue weighted by molar-refractivity contribution is 1.09. The Balaban J connectivity index is 2.18. The van der Waals surface area contributed by atoms with E-state index in [0.29, 0.717) is 0 Å². The van der Waals surface area contributed by atoms with E-state index in [-0.39, 0.29) is 5.43 Å². The SMILES string of the molecule is Cc1cn(-c2cccc3ccccc23)c2ccccc2c1=O. The van der Waals surface area contributed by atoms with Crippen LogP contribution in [0.1, 0.15) is 5.56 Å². The van der Waals surface area contributed by atoms with Crippen LogP contribution in [0.5, 0.6) is 0 Å². The molecule has 0 fully saturated rings. The third-order valence-corrected chi connectivity index (χ3v) is 4.12. The van der Waals surface area contributed by atoms with Crippen LogP contribution in [-0.4, -0.2) is 4.57 Å². The molecule has 0 radical (unpaired) electrons. The molecule has 106 valence electrons. The zero-order valence-corrected chi connectivity index (χ0v) is 12.3. The first-order chi connectivity index (χ1) is 10.8. The van der Waals surface area contributed by atoms with E-state index in [9.17, 15) is 4.79 Å². The summed E-state index contributed by atoms with van der Waals surface area (Å²) in [7, 11) is 0. The molecule has 4 aromatic rings. The molecule has 1 heterocycles. The summed E-state index contributed by atoms with van der Waals surface area (Å²) in [4.78, 5) is 12.4. The summed E-state index contributed by atoms with van der Waals surface area (Å²) in [6, 6.07) is 22.3. The Labute approximate surface area is 128 Å². The highest BCUT2D eigenvalue weighted by Gasteiger charge is 2.09. The van der Waals surface area contributed by atoms with Gasteiger partial charge >= 0.3 is 0 Å². The Morgan fingerprint density at radius 1 is 0.773 bits per heavy atom. The first-order valence-corrected chi connectivity index (χ1v) is 7.35. The first-order valence-electron chi connectivity index (χ1n) is 7.35. The molecule has 22 heavy (non-hydrogen) atoms. The number of hydrogen-bond donors (Lipinski definition) is 0. The Kier molecular flexibility index (Phi) is 2.83. The Bertz CT molecular complexity index is 1050. The van der Waals surface area contributed by atoms with E-state index >= 15 is 0 Å². The van der Waals surface area contributed by atoms with Crippen LogP contribution in [0.4, 0.5) is 0 Å². The molecule has 0 bridgehead atoms. The molecule has 0 saturated heterocycles. The van der Waals surface area contributed by atoms with Crippen LogP contribution in [0.2, 0.25) is 0 Å². The number of hydrogen-bond acceptors (Lipinski definition) is 1. The number of para-hydroxylation sites is 1. The largest absolute Gasteiger partial charge is 0.315 e. The lowest BCUT2D eigenvalue weighted by Gasteiger charge is -2.14. The summed E-state index contributed by atoms with van der Waals surface area (Å²) >= 11 is 0. The third-order valence-electron chi connectivity index (χ3n) is 4.12. The van der Waals surface area contributed by atoms with Crippen molar-refractivity contribution >= 4 is 21.7 Å². The van der Waals surface area contributed by atoms with Gasteiger partial charge in [0.2, 0.25) is 0 Å². The number of benzene rings is 3. The van der Waals surface area contributed by atoms with Gasteiger partial charge in [-0.25, -0.2) is 0 Å². The molecule has 0 aliphatic heterocycles. The molecule has 0 unspecified atom stereocenters. The zero-order chi connectivity index (χ0) is 15.1. The molecule has 4 rings (SSSR count). The molecule has 1 aromatic heterocycles. The van der Waals surface area contributed by atoms with Crippen molar-refractivity contribution in [1.82, 2.24) is 4.57 Å². The second-order valence-electron chi connectivity index (χ2n) is 5.53. The van der Waals surface area contributed by atoms with E-state index in [1.807, 2.05) is 49.5 Å². The maximum Gasteiger partial charge on any atom is 0.192 e. The van der Waals surface area contributed by atoms with Gasteiger partial charge in [0, 0.05) is 22.5 Å². The van der Waals surface area contributed by atoms with Gasteiger partial charge in [-0.15, -0.1) is 0 Å². The molecule has 0 saturated carbocycles. The minimum atomic E-state index is 0.104. The third kappa shape index (κ3) is 1.85. The van der Waals surface area contributed by atoms with Gasteiger partial charge in [-0.05, 0) is 30.5 Å². The van der Waals surface area contributed by atoms with E-state index in [0.717, 1.165) is 22.2 Å². The maximum absolute atomic E-state index is 12.4. The molecule has 2 nitrogen and oxygen atoms in total. The summed E-state index contributed by atoms with van der Waals surface area (Å²) in [6.07, 6.45) is 1.94. The number of aryl methyl sites for hydroxylation is 1. The van der Waals surface area contributed by atoms with E-state index in [1.165, 1.54) is 10.8 Å². The summed E-state index contributed by atoms with van der Waals surface area (Å²) in [5.74, 6) is 0. The number of aromatic nitrogens is 1. The van der Waals surface area contributed by atoms with Crippen LogP contribution in [0.25, 0.3) is 27.4 Å². The molecule has 2 heteroatoms. The van der Waals surface area contributed by atoms with Gasteiger partial charge < -0.3 is 4.57 Å². The number of nitrogens with zero attached hydrogens (tertiary/aromatic N) is 1. The Hall–Kier alpha value is -2.87. The smallest absolute Gasteiger partial charge is 0.192 e. The van der Waals surface area contributed by atoms with Crippen molar-refractivity contribution in [3.8, 4) is 5.69 Å². The highest BCUT2D eigenvalue weighted by Crippen LogP contribution is 2.25. The maximum atomic E-state index is 12.4. The molecule has 0 amide bonds. The van der Waals surface area contributed by atoms with Gasteiger partial charge in [-0.2, -0.15) is 0 Å². The van der Waals surface area contributed by atoms with Gasteiger partial charge in [-0.1, -0.05) is 48.5 Å². The molecule has 0 spiro atoms. The number of fused-ring (bicyclic) bond motifs is 2. The van der Waals surface area contributed by atoms with E-state index < -0.39 is 0 Å². The van der Waals surface area contributed by atoms with Crippen LogP contribution in [0.15, 0.2) is 77.7 Å². The average molecular weight is 285 g/mol. The van der Waals surface area contributed by atoms with Gasteiger partial charge in [0.15, 0.2) is 5.43 Å². The second-order valence-corrected chi connectivity index (χ2v) is 5.53. The fourth-order valence-corrected chi connectivity index (χ4v) is 3.03. The minimum absolute atomic E-state index is 0.104. The normalized spacial score (nSPS) is 11.1. The molecule has 0 aliphatic carbocycles. The van der Waals surface area contributed by atoms with Crippen molar-refractivity contribution in [1.29, 1.82) is 0 Å². The van der Waals surface area contributed by atoms with Crippen LogP contribution >= 0.6 is 0 Å². The molecule has 0 N–H and O–H groups in total. The van der Waals surface area contributed by atoms with Crippen LogP contribution < -0.4 is 5.43 Å². The standard InChI is InChI=1S/C20H15NO/c1-14-13-21(19-11-5-4-10-17(19)20(14)22)18-12-6-8-15-7-2-3-9-16(15)18/h2-13H,1H3. The highest BCUT2D eigenvalue weighted by molar-refractivity contribution is 5.92. The molecular formula is C20H15NO. The highest BCUT2D eigenvalue weighted by atomic mass is 16.1. The summed E-state index contributed by atoms with van der Waals surface area (Å²) < 4.78 is 2.12. The van der Waals surface area contributed by atoms with Crippen molar-refractivity contribution in [3.05, 3.63) is 88.7 Å². The molecule has 0 atom stereocenters. The van der Waals surface area contributed by atoms with Gasteiger partial charge in [0.05, 0.1) is 11.2 Å². The van der Waals surface area contributed by atoms with Crippen molar-refractivity contribution in [3.63, 3.8) is 0 Å². The summed E-state index contributed by atoms with van der Waals surface area (Å²) in [5, 5.41) is 3.13. The van der Waals surface area contributed by atoms with Crippen LogP contribution in [-0.2, 0) is 0 Å². The second kappa shape index (κ2) is 4.85. The lowest BCUT2D eigenvalue weighted by atomic mass is 10.1. The van der Waals surface area contributed by atoms with Crippen molar-refractivity contribution < 1.29 is 0 Å². The van der Waals surface area contributed by atoms with Crippen LogP contribution in [0, 0.1) is 6.92 Å². The Morgan fingerprint density at radius 2 is 1.45 bits per heavy atom. The van der Waals surface area contributed by atoms with E-state index in [4.69, 9.17) is 0 Å². The van der Waals surface area contributed by atoms with E-state index in [1.54, 1.807) is 0 Å². The van der Waals surface area contributed by atoms with Crippen molar-refractivity contribution in [2.75, 3.05) is 0 Å². The monoisotopic (exact) mass is 285 g/mol. The molecule has 3 aromatic carbocycles. The first kappa shape index (κ1) is 12.8. The zero-order valence-electron chi connectivity index (χ0n) is 12.3. The fraction of sp³-hybridized carbons (Fsp3) is 0.0500. The van der Waals surface area contributed by atoms with Crippen LogP contribution in [0.3, 0.4) is 0 Å². The van der Waals surface area contributed by atoms with Gasteiger partial charge in [0.1, 0.15) is 0 Å². The minimum Gasteiger partial charge on any atom is -0.315 e. The lowest BCUT2D eigenvalue weighted by Crippen LogP contribution is -2.11. The number of rotatable bonds is 1. The Morgan fingerprint density at radius 3 is 2.32 bits per heavy atom. The predicted octanol–water partition coefficient (Wildman–Crippen LogP) is 4.45. The van der Waals surface area contributed by atoms with Gasteiger partial charge in [0.25, 0.3) is 0 Å². The number of pyridine rings is 1. The average Bonchev–Trinajstić information content (AvgIpc) is 2.58. The van der Waals surface area contributed by atoms with Gasteiger partial charge in [-0.3, -0.25) is 4.79 Å². The summed E-state index contributed by atoms with van der Waals surface area (Å²) in [6.45, 7) is 1.87. The summed E-state index contributed by atoms with van der Waals surface area (Å²) in [5.41, 5.74) is 2.89. The van der Waals surface area contributed by atoms with Crippen molar-refractivity contribution in [2.45, 2.75) is 6.92 Å². The molecule has 0 aliphatic rings. The topological polar surface area (TPSA) is 22.0 Å². The molecular weight excluding hydrogens is 270 g/mol. The fourth-order valence-electron chi connectivity index (χ4n) is 3.03. The van der Waals surface area contributed by atoms with E-state index in [2.05, 4.69) is 34.9 Å². The van der Waals surface area contributed by atoms with Crippen molar-refractivity contribution in [2.24, 2.45) is 0 Å². The quantitative estimate of drug-likeness (QED) is 0.506.